The Morgan fingerprint density at radius 3 is 2.25 bits per heavy atom. The molecule has 0 radical (unpaired) electrons. The monoisotopic (exact) mass is 282 g/mol. The molecule has 3 nitrogen and oxygen atoms in total. The molecule has 1 saturated heterocycles. The number of epoxide rings is 1. The molecule has 116 valence electrons. The standard InChI is InChI=1S/C17H30O3/c1-3-14(2)20-16(18)17(13-19-17)12-15-10-8-6-4-5-7-9-11-15/h14-15H,3-13H2,1-2H3. The molecule has 1 saturated carbocycles. The highest BCUT2D eigenvalue weighted by molar-refractivity contribution is 5.82. The average Bonchev–Trinajstić information content (AvgIpc) is 3.19. The predicted octanol–water partition coefficient (Wildman–Crippen LogP) is 4.24. The van der Waals surface area contributed by atoms with E-state index in [1.807, 2.05) is 13.8 Å². The Hall–Kier alpha value is -0.570. The van der Waals surface area contributed by atoms with E-state index in [-0.39, 0.29) is 12.1 Å². The third-order valence-electron chi connectivity index (χ3n) is 4.84. The second-order valence-electron chi connectivity index (χ2n) is 6.68. The molecule has 0 N–H and O–H groups in total. The molecule has 2 atom stereocenters. The molecule has 0 aromatic carbocycles. The lowest BCUT2D eigenvalue weighted by Gasteiger charge is -2.21. The first-order valence-electron chi connectivity index (χ1n) is 8.51. The first-order chi connectivity index (χ1) is 9.66. The van der Waals surface area contributed by atoms with Crippen LogP contribution in [-0.2, 0) is 14.3 Å². The number of ether oxygens (including phenoxy) is 2. The largest absolute Gasteiger partial charge is 0.460 e. The molecule has 2 fully saturated rings. The van der Waals surface area contributed by atoms with Crippen LogP contribution in [0.25, 0.3) is 0 Å². The van der Waals surface area contributed by atoms with Crippen molar-refractivity contribution in [3.8, 4) is 0 Å². The van der Waals surface area contributed by atoms with Gasteiger partial charge in [0.2, 0.25) is 0 Å². The van der Waals surface area contributed by atoms with E-state index in [9.17, 15) is 4.79 Å². The van der Waals surface area contributed by atoms with Gasteiger partial charge in [0.15, 0.2) is 5.60 Å². The fourth-order valence-corrected chi connectivity index (χ4v) is 3.17. The Morgan fingerprint density at radius 1 is 1.20 bits per heavy atom. The summed E-state index contributed by atoms with van der Waals surface area (Å²) in [5.74, 6) is 0.520. The summed E-state index contributed by atoms with van der Waals surface area (Å²) in [6, 6.07) is 0. The highest BCUT2D eigenvalue weighted by Crippen LogP contribution is 2.39. The van der Waals surface area contributed by atoms with Gasteiger partial charge in [-0.3, -0.25) is 0 Å². The van der Waals surface area contributed by atoms with Gasteiger partial charge < -0.3 is 9.47 Å². The minimum absolute atomic E-state index is 0.00380. The molecule has 2 unspecified atom stereocenters. The van der Waals surface area contributed by atoms with Gasteiger partial charge >= 0.3 is 5.97 Å². The summed E-state index contributed by atoms with van der Waals surface area (Å²) in [5, 5.41) is 0. The Balaban J connectivity index is 1.84. The van der Waals surface area contributed by atoms with Crippen molar-refractivity contribution in [3.05, 3.63) is 0 Å². The first kappa shape index (κ1) is 15.8. The normalized spacial score (nSPS) is 29.9. The zero-order valence-corrected chi connectivity index (χ0v) is 13.2. The highest BCUT2D eigenvalue weighted by Gasteiger charge is 2.54. The maximum atomic E-state index is 12.2. The smallest absolute Gasteiger partial charge is 0.341 e. The number of rotatable bonds is 5. The fraction of sp³-hybridized carbons (Fsp3) is 0.941. The van der Waals surface area contributed by atoms with Crippen LogP contribution in [0.3, 0.4) is 0 Å². The molecular weight excluding hydrogens is 252 g/mol. The van der Waals surface area contributed by atoms with Gasteiger partial charge in [-0.05, 0) is 25.7 Å². The summed E-state index contributed by atoms with van der Waals surface area (Å²) in [7, 11) is 0. The van der Waals surface area contributed by atoms with Crippen molar-refractivity contribution < 1.29 is 14.3 Å². The molecule has 3 heteroatoms. The van der Waals surface area contributed by atoms with Crippen LogP contribution in [0.1, 0.15) is 78.1 Å². The molecule has 0 aromatic rings. The molecule has 2 aliphatic rings. The van der Waals surface area contributed by atoms with Crippen LogP contribution >= 0.6 is 0 Å². The molecule has 1 heterocycles. The third kappa shape index (κ3) is 4.47. The van der Waals surface area contributed by atoms with Crippen molar-refractivity contribution in [1.82, 2.24) is 0 Å². The van der Waals surface area contributed by atoms with Gasteiger partial charge in [-0.2, -0.15) is 0 Å². The Kier molecular flexibility index (Phi) is 5.88. The van der Waals surface area contributed by atoms with Crippen molar-refractivity contribution >= 4 is 5.97 Å². The summed E-state index contributed by atoms with van der Waals surface area (Å²) in [4.78, 5) is 12.2. The van der Waals surface area contributed by atoms with Gasteiger partial charge in [-0.25, -0.2) is 4.79 Å². The summed E-state index contributed by atoms with van der Waals surface area (Å²) in [6.07, 6.45) is 12.3. The SMILES string of the molecule is CCC(C)OC(=O)C1(CC2CCCCCCCC2)CO1. The van der Waals surface area contributed by atoms with Gasteiger partial charge in [0, 0.05) is 0 Å². The number of esters is 1. The van der Waals surface area contributed by atoms with Gasteiger partial charge in [0.25, 0.3) is 0 Å². The van der Waals surface area contributed by atoms with Gasteiger partial charge in [-0.1, -0.05) is 58.3 Å². The quantitative estimate of drug-likeness (QED) is 0.559. The van der Waals surface area contributed by atoms with Crippen molar-refractivity contribution in [1.29, 1.82) is 0 Å². The Morgan fingerprint density at radius 2 is 1.75 bits per heavy atom. The molecule has 0 spiro atoms. The van der Waals surface area contributed by atoms with E-state index in [0.717, 1.165) is 12.8 Å². The van der Waals surface area contributed by atoms with Gasteiger partial charge in [0.1, 0.15) is 0 Å². The maximum Gasteiger partial charge on any atom is 0.341 e. The van der Waals surface area contributed by atoms with Crippen molar-refractivity contribution in [2.24, 2.45) is 5.92 Å². The van der Waals surface area contributed by atoms with E-state index in [2.05, 4.69) is 0 Å². The van der Waals surface area contributed by atoms with Crippen LogP contribution < -0.4 is 0 Å². The minimum atomic E-state index is -0.581. The maximum absolute atomic E-state index is 12.2. The molecule has 0 aromatic heterocycles. The van der Waals surface area contributed by atoms with Crippen molar-refractivity contribution in [2.45, 2.75) is 89.8 Å². The lowest BCUT2D eigenvalue weighted by Crippen LogP contribution is -2.32. The number of hydrogen-bond donors (Lipinski definition) is 0. The van der Waals surface area contributed by atoms with E-state index in [1.165, 1.54) is 51.4 Å². The number of carbonyl (C=O) groups excluding carboxylic acids is 1. The molecule has 1 aliphatic heterocycles. The number of hydrogen-bond acceptors (Lipinski definition) is 3. The lowest BCUT2D eigenvalue weighted by molar-refractivity contribution is -0.155. The van der Waals surface area contributed by atoms with E-state index in [0.29, 0.717) is 12.5 Å². The Bertz CT molecular complexity index is 299. The summed E-state index contributed by atoms with van der Waals surface area (Å²) >= 11 is 0. The second kappa shape index (κ2) is 7.44. The second-order valence-corrected chi connectivity index (χ2v) is 6.68. The van der Waals surface area contributed by atoms with Gasteiger partial charge in [-0.15, -0.1) is 0 Å². The van der Waals surface area contributed by atoms with Crippen LogP contribution in [0, 0.1) is 5.92 Å². The van der Waals surface area contributed by atoms with Crippen LogP contribution in [-0.4, -0.2) is 24.3 Å². The fourth-order valence-electron chi connectivity index (χ4n) is 3.17. The molecule has 20 heavy (non-hydrogen) atoms. The predicted molar refractivity (Wildman–Crippen MR) is 79.6 cm³/mol. The van der Waals surface area contributed by atoms with E-state index in [1.54, 1.807) is 0 Å². The molecule has 0 amide bonds. The molecule has 1 aliphatic carbocycles. The van der Waals surface area contributed by atoms with E-state index >= 15 is 0 Å². The third-order valence-corrected chi connectivity index (χ3v) is 4.84. The molecule has 2 rings (SSSR count). The summed E-state index contributed by atoms with van der Waals surface area (Å²) < 4.78 is 11.0. The summed E-state index contributed by atoms with van der Waals surface area (Å²) in [6.45, 7) is 4.56. The topological polar surface area (TPSA) is 38.8 Å². The first-order valence-corrected chi connectivity index (χ1v) is 8.51. The van der Waals surface area contributed by atoms with Gasteiger partial charge in [0.05, 0.1) is 12.7 Å². The molecule has 0 bridgehead atoms. The Labute approximate surface area is 123 Å². The van der Waals surface area contributed by atoms with Crippen LogP contribution in [0.4, 0.5) is 0 Å². The zero-order valence-electron chi connectivity index (χ0n) is 13.2. The lowest BCUT2D eigenvalue weighted by atomic mass is 9.87. The molecular formula is C17H30O3. The minimum Gasteiger partial charge on any atom is -0.460 e. The van der Waals surface area contributed by atoms with Crippen molar-refractivity contribution in [3.63, 3.8) is 0 Å². The van der Waals surface area contributed by atoms with E-state index in [4.69, 9.17) is 9.47 Å². The van der Waals surface area contributed by atoms with Crippen LogP contribution in [0.2, 0.25) is 0 Å². The van der Waals surface area contributed by atoms with Crippen molar-refractivity contribution in [2.75, 3.05) is 6.61 Å². The number of carbonyl (C=O) groups is 1. The summed E-state index contributed by atoms with van der Waals surface area (Å²) in [5.41, 5.74) is -0.581. The highest BCUT2D eigenvalue weighted by atomic mass is 16.6. The zero-order chi connectivity index (χ0) is 14.4. The average molecular weight is 282 g/mol. The van der Waals surface area contributed by atoms with Crippen LogP contribution in [0.15, 0.2) is 0 Å². The van der Waals surface area contributed by atoms with Crippen LogP contribution in [0.5, 0.6) is 0 Å². The van der Waals surface area contributed by atoms with E-state index < -0.39 is 5.60 Å².